The fourth-order valence-electron chi connectivity index (χ4n) is 3.87. The average molecular weight is 312 g/mol. The van der Waals surface area contributed by atoms with E-state index in [-0.39, 0.29) is 11.2 Å². The Morgan fingerprint density at radius 3 is 2.80 bits per heavy atom. The number of halogens is 2. The maximum atomic E-state index is 13.1. The highest BCUT2D eigenvalue weighted by atomic mass is 35.5. The van der Waals surface area contributed by atoms with Gasteiger partial charge in [0, 0.05) is 23.1 Å². The SMILES string of the molecule is CC[C@]1(C(=O)c2ccc(Cl)c(Cl)c2)CC[C@@H]2CC[C@H]1N2. The molecule has 1 N–H and O–H groups in total. The lowest BCUT2D eigenvalue weighted by molar-refractivity contribution is 0.0634. The molecular weight excluding hydrogens is 293 g/mol. The Kier molecular flexibility index (Phi) is 3.83. The zero-order chi connectivity index (χ0) is 14.3. The minimum Gasteiger partial charge on any atom is -0.310 e. The molecule has 0 aromatic heterocycles. The number of hydrogen-bond donors (Lipinski definition) is 1. The number of nitrogens with one attached hydrogen (secondary N) is 1. The summed E-state index contributed by atoms with van der Waals surface area (Å²) in [6.45, 7) is 2.12. The third-order valence-corrected chi connectivity index (χ3v) is 5.85. The molecule has 3 rings (SSSR count). The van der Waals surface area contributed by atoms with Crippen LogP contribution in [0.3, 0.4) is 0 Å². The monoisotopic (exact) mass is 311 g/mol. The van der Waals surface area contributed by atoms with Crippen LogP contribution in [0.25, 0.3) is 0 Å². The summed E-state index contributed by atoms with van der Waals surface area (Å²) in [5, 5.41) is 4.58. The third kappa shape index (κ3) is 2.18. The van der Waals surface area contributed by atoms with Gasteiger partial charge in [-0.1, -0.05) is 30.1 Å². The first kappa shape index (κ1) is 14.4. The van der Waals surface area contributed by atoms with Crippen LogP contribution in [-0.4, -0.2) is 17.9 Å². The molecule has 2 heterocycles. The molecule has 108 valence electrons. The van der Waals surface area contributed by atoms with Gasteiger partial charge in [0.2, 0.25) is 0 Å². The second-order valence-corrected chi connectivity index (χ2v) is 6.81. The van der Waals surface area contributed by atoms with Crippen LogP contribution in [-0.2, 0) is 0 Å². The highest BCUT2D eigenvalue weighted by molar-refractivity contribution is 6.42. The smallest absolute Gasteiger partial charge is 0.170 e. The van der Waals surface area contributed by atoms with Crippen molar-refractivity contribution in [2.24, 2.45) is 5.41 Å². The fraction of sp³-hybridized carbons (Fsp3) is 0.562. The van der Waals surface area contributed by atoms with E-state index in [9.17, 15) is 4.79 Å². The highest BCUT2D eigenvalue weighted by Crippen LogP contribution is 2.45. The van der Waals surface area contributed by atoms with Crippen LogP contribution in [0.15, 0.2) is 18.2 Å². The molecular formula is C16H19Cl2NO. The first-order valence-corrected chi connectivity index (χ1v) is 8.08. The second-order valence-electron chi connectivity index (χ2n) is 6.00. The Labute approximate surface area is 129 Å². The lowest BCUT2D eigenvalue weighted by Crippen LogP contribution is -2.52. The molecule has 2 aliphatic rings. The molecule has 2 fully saturated rings. The molecule has 0 unspecified atom stereocenters. The summed E-state index contributed by atoms with van der Waals surface area (Å²) in [6.07, 6.45) is 5.24. The molecule has 0 aliphatic carbocycles. The summed E-state index contributed by atoms with van der Waals surface area (Å²) >= 11 is 12.0. The molecule has 2 saturated heterocycles. The van der Waals surface area contributed by atoms with E-state index in [0.29, 0.717) is 27.7 Å². The zero-order valence-electron chi connectivity index (χ0n) is 11.6. The van der Waals surface area contributed by atoms with Gasteiger partial charge in [0.15, 0.2) is 5.78 Å². The van der Waals surface area contributed by atoms with E-state index in [0.717, 1.165) is 25.7 Å². The number of piperidine rings is 1. The van der Waals surface area contributed by atoms with Gasteiger partial charge in [-0.15, -0.1) is 0 Å². The summed E-state index contributed by atoms with van der Waals surface area (Å²) in [6, 6.07) is 6.16. The van der Waals surface area contributed by atoms with Gasteiger partial charge in [0.25, 0.3) is 0 Å². The van der Waals surface area contributed by atoms with E-state index >= 15 is 0 Å². The molecule has 0 amide bonds. The van der Waals surface area contributed by atoms with Crippen LogP contribution in [0.2, 0.25) is 10.0 Å². The second kappa shape index (κ2) is 5.32. The van der Waals surface area contributed by atoms with E-state index in [4.69, 9.17) is 23.2 Å². The molecule has 1 aromatic rings. The quantitative estimate of drug-likeness (QED) is 0.833. The first-order valence-electron chi connectivity index (χ1n) is 7.33. The number of fused-ring (bicyclic) bond motifs is 2. The molecule has 3 atom stereocenters. The number of rotatable bonds is 3. The summed E-state index contributed by atoms with van der Waals surface area (Å²) in [5.74, 6) is 0.219. The summed E-state index contributed by atoms with van der Waals surface area (Å²) in [7, 11) is 0. The predicted molar refractivity (Wildman–Crippen MR) is 82.7 cm³/mol. The van der Waals surface area contributed by atoms with Gasteiger partial charge < -0.3 is 5.32 Å². The van der Waals surface area contributed by atoms with Crippen molar-refractivity contribution >= 4 is 29.0 Å². The van der Waals surface area contributed by atoms with Crippen molar-refractivity contribution < 1.29 is 4.79 Å². The van der Waals surface area contributed by atoms with Crippen LogP contribution in [0.1, 0.15) is 49.4 Å². The zero-order valence-corrected chi connectivity index (χ0v) is 13.1. The minimum atomic E-state index is -0.274. The molecule has 1 aromatic carbocycles. The maximum Gasteiger partial charge on any atom is 0.170 e. The molecule has 0 saturated carbocycles. The molecule has 2 bridgehead atoms. The van der Waals surface area contributed by atoms with Gasteiger partial charge >= 0.3 is 0 Å². The highest BCUT2D eigenvalue weighted by Gasteiger charge is 2.50. The predicted octanol–water partition coefficient (Wildman–Crippen LogP) is 4.49. The van der Waals surface area contributed by atoms with Crippen molar-refractivity contribution in [3.8, 4) is 0 Å². The van der Waals surface area contributed by atoms with Crippen molar-refractivity contribution in [1.82, 2.24) is 5.32 Å². The Morgan fingerprint density at radius 2 is 2.10 bits per heavy atom. The number of Topliss-reactive ketones (excluding diaryl/α,β-unsaturated/α-hetero) is 1. The van der Waals surface area contributed by atoms with Crippen molar-refractivity contribution in [2.75, 3.05) is 0 Å². The summed E-state index contributed by atoms with van der Waals surface area (Å²) in [5.41, 5.74) is 0.415. The van der Waals surface area contributed by atoms with Gasteiger partial charge in [0.05, 0.1) is 10.0 Å². The molecule has 0 radical (unpaired) electrons. The Hall–Kier alpha value is -0.570. The molecule has 20 heavy (non-hydrogen) atoms. The number of hydrogen-bond acceptors (Lipinski definition) is 2. The van der Waals surface area contributed by atoms with E-state index < -0.39 is 0 Å². The van der Waals surface area contributed by atoms with Crippen LogP contribution in [0.5, 0.6) is 0 Å². The van der Waals surface area contributed by atoms with Gasteiger partial charge in [-0.3, -0.25) is 4.79 Å². The third-order valence-electron chi connectivity index (χ3n) is 5.11. The number of carbonyl (C=O) groups is 1. The van der Waals surface area contributed by atoms with Crippen LogP contribution in [0, 0.1) is 5.41 Å². The van der Waals surface area contributed by atoms with Gasteiger partial charge in [-0.2, -0.15) is 0 Å². The van der Waals surface area contributed by atoms with Gasteiger partial charge in [-0.25, -0.2) is 0 Å². The molecule has 0 spiro atoms. The average Bonchev–Trinajstić information content (AvgIpc) is 2.86. The van der Waals surface area contributed by atoms with E-state index in [1.54, 1.807) is 18.2 Å². The van der Waals surface area contributed by atoms with Gasteiger partial charge in [-0.05, 0) is 50.3 Å². The standard InChI is InChI=1S/C16H19Cl2NO/c1-2-16(8-7-11-4-6-14(16)19-11)15(20)10-3-5-12(17)13(18)9-10/h3,5,9,11,14,19H,2,4,6-8H2,1H3/t11-,14+,16-/m0/s1. The number of benzene rings is 1. The summed E-state index contributed by atoms with van der Waals surface area (Å²) < 4.78 is 0. The number of carbonyl (C=O) groups excluding carboxylic acids is 1. The first-order chi connectivity index (χ1) is 9.56. The van der Waals surface area contributed by atoms with E-state index in [1.807, 2.05) is 0 Å². The molecule has 4 heteroatoms. The lowest BCUT2D eigenvalue weighted by Gasteiger charge is -2.41. The normalized spacial score (nSPS) is 32.4. The molecule has 2 nitrogen and oxygen atoms in total. The van der Waals surface area contributed by atoms with E-state index in [2.05, 4.69) is 12.2 Å². The van der Waals surface area contributed by atoms with Crippen molar-refractivity contribution in [3.63, 3.8) is 0 Å². The van der Waals surface area contributed by atoms with Crippen LogP contribution < -0.4 is 5.32 Å². The largest absolute Gasteiger partial charge is 0.310 e. The fourth-order valence-corrected chi connectivity index (χ4v) is 4.17. The maximum absolute atomic E-state index is 13.1. The van der Waals surface area contributed by atoms with Crippen molar-refractivity contribution in [2.45, 2.75) is 51.1 Å². The minimum absolute atomic E-state index is 0.219. The van der Waals surface area contributed by atoms with E-state index in [1.165, 1.54) is 6.42 Å². The Morgan fingerprint density at radius 1 is 1.30 bits per heavy atom. The van der Waals surface area contributed by atoms with Crippen LogP contribution in [0.4, 0.5) is 0 Å². The Balaban J connectivity index is 1.96. The molecule has 2 aliphatic heterocycles. The van der Waals surface area contributed by atoms with Crippen molar-refractivity contribution in [3.05, 3.63) is 33.8 Å². The van der Waals surface area contributed by atoms with Crippen molar-refractivity contribution in [1.29, 1.82) is 0 Å². The number of ketones is 1. The van der Waals surface area contributed by atoms with Gasteiger partial charge in [0.1, 0.15) is 0 Å². The van der Waals surface area contributed by atoms with Crippen LogP contribution >= 0.6 is 23.2 Å². The topological polar surface area (TPSA) is 29.1 Å². The summed E-state index contributed by atoms with van der Waals surface area (Å²) in [4.78, 5) is 13.1. The Bertz CT molecular complexity index is 545. The lowest BCUT2D eigenvalue weighted by atomic mass is 9.68.